The average Bonchev–Trinajstić information content (AvgIpc) is 3.79. The van der Waals surface area contributed by atoms with Crippen molar-refractivity contribution in [2.24, 2.45) is 0 Å². The van der Waals surface area contributed by atoms with Crippen LogP contribution in [0.25, 0.3) is 82.5 Å². The zero-order valence-corrected chi connectivity index (χ0v) is 27.2. The van der Waals surface area contributed by atoms with Crippen LogP contribution in [0.1, 0.15) is 24.0 Å². The topological polar surface area (TPSA) is 9.34 Å². The second-order valence-corrected chi connectivity index (χ2v) is 13.7. The fourth-order valence-corrected chi connectivity index (χ4v) is 9.02. The summed E-state index contributed by atoms with van der Waals surface area (Å²) in [6.45, 7) is 3.14. The fourth-order valence-electron chi connectivity index (χ4n) is 9.02. The van der Waals surface area contributed by atoms with Crippen LogP contribution in [0.15, 0.2) is 152 Å². The highest BCUT2D eigenvalue weighted by molar-refractivity contribution is 6.15. The molecule has 0 N–H and O–H groups in total. The lowest BCUT2D eigenvalue weighted by atomic mass is 9.94. The summed E-state index contributed by atoms with van der Waals surface area (Å²) in [7, 11) is 0. The Kier molecular flexibility index (Phi) is 5.46. The first-order valence-corrected chi connectivity index (χ1v) is 17.3. The molecule has 3 aromatic heterocycles. The number of nitrogens with zero attached hydrogens (tertiary/aromatic N) is 2. The molecular weight excluding hydrogens is 593 g/mol. The Hall–Kier alpha value is -6.12. The third kappa shape index (κ3) is 3.66. The van der Waals surface area contributed by atoms with Crippen molar-refractivity contribution in [2.75, 3.05) is 0 Å². The van der Waals surface area contributed by atoms with Crippen molar-refractivity contribution in [3.05, 3.63) is 173 Å². The molecule has 0 bridgehead atoms. The molecule has 10 aromatic rings. The van der Waals surface area contributed by atoms with E-state index >= 15 is 0 Å². The molecule has 1 aliphatic heterocycles. The Morgan fingerprint density at radius 2 is 1.12 bits per heavy atom. The Labute approximate surface area is 283 Å². The maximum absolute atomic E-state index is 2.60. The number of hydrogen-bond donors (Lipinski definition) is 0. The Morgan fingerprint density at radius 1 is 0.510 bits per heavy atom. The van der Waals surface area contributed by atoms with Crippen molar-refractivity contribution in [1.82, 2.24) is 8.97 Å². The molecular formula is C47H32N2. The summed E-state index contributed by atoms with van der Waals surface area (Å²) >= 11 is 0. The highest BCUT2D eigenvalue weighted by atomic mass is 15.0. The monoisotopic (exact) mass is 624 g/mol. The fraction of sp³-hybridized carbons (Fsp3) is 0.0638. The van der Waals surface area contributed by atoms with E-state index in [4.69, 9.17) is 0 Å². The van der Waals surface area contributed by atoms with Crippen molar-refractivity contribution in [1.29, 1.82) is 0 Å². The van der Waals surface area contributed by atoms with Crippen LogP contribution in [0.2, 0.25) is 0 Å². The summed E-state index contributed by atoms with van der Waals surface area (Å²) in [5.74, 6) is 0.198. The van der Waals surface area contributed by atoms with Crippen LogP contribution >= 0.6 is 0 Å². The van der Waals surface area contributed by atoms with Gasteiger partial charge in [0.15, 0.2) is 0 Å². The molecule has 0 saturated heterocycles. The maximum atomic E-state index is 2.60. The summed E-state index contributed by atoms with van der Waals surface area (Å²) in [5.41, 5.74) is 11.7. The van der Waals surface area contributed by atoms with E-state index < -0.39 is 0 Å². The minimum absolute atomic E-state index is 0.198. The van der Waals surface area contributed by atoms with Gasteiger partial charge >= 0.3 is 0 Å². The van der Waals surface area contributed by atoms with E-state index in [1.54, 1.807) is 0 Å². The average molecular weight is 625 g/mol. The molecule has 2 heteroatoms. The van der Waals surface area contributed by atoms with Crippen LogP contribution in [0.5, 0.6) is 0 Å². The number of rotatable bonds is 2. The lowest BCUT2D eigenvalue weighted by Crippen LogP contribution is -2.30. The van der Waals surface area contributed by atoms with E-state index in [0.29, 0.717) is 0 Å². The molecule has 4 heterocycles. The van der Waals surface area contributed by atoms with Gasteiger partial charge in [-0.1, -0.05) is 146 Å². The van der Waals surface area contributed by atoms with Crippen LogP contribution in [-0.4, -0.2) is 8.97 Å². The van der Waals surface area contributed by atoms with Crippen molar-refractivity contribution in [3.8, 4) is 11.1 Å². The number of para-hydroxylation sites is 4. The Bertz CT molecular complexity index is 3090. The highest BCUT2D eigenvalue weighted by Crippen LogP contribution is 2.38. The van der Waals surface area contributed by atoms with Crippen molar-refractivity contribution in [2.45, 2.75) is 19.4 Å². The molecule has 0 spiro atoms. The standard InChI is InChI=1S/C47H32N2/c1-29-26-44-45(40-23-11-22-39-37-18-5-7-25-43(37)49(44)47(39)40)41(28-48-42-24-6-4-17-36(42)38-21-10-19-33(29)46(38)48)32-15-8-14-31(27-32)35-20-9-13-30-12-2-3-16-34(30)35/h2-27,29H,28H2,1H3/b44-26+,45-41+. The lowest BCUT2D eigenvalue weighted by Gasteiger charge is -2.16. The number of aromatic nitrogens is 2. The maximum Gasteiger partial charge on any atom is 0.0620 e. The summed E-state index contributed by atoms with van der Waals surface area (Å²) in [6.07, 6.45) is 2.54. The van der Waals surface area contributed by atoms with E-state index in [1.165, 1.54) is 98.2 Å². The largest absolute Gasteiger partial charge is 0.336 e. The third-order valence-corrected chi connectivity index (χ3v) is 11.1. The molecule has 1 aliphatic rings. The van der Waals surface area contributed by atoms with Crippen LogP contribution in [0.3, 0.4) is 0 Å². The predicted octanol–water partition coefficient (Wildman–Crippen LogP) is 10.4. The second-order valence-electron chi connectivity index (χ2n) is 13.7. The molecule has 0 amide bonds. The summed E-state index contributed by atoms with van der Waals surface area (Å²) in [4.78, 5) is 0. The summed E-state index contributed by atoms with van der Waals surface area (Å²) in [6, 6.07) is 56.3. The van der Waals surface area contributed by atoms with Crippen LogP contribution in [0, 0.1) is 0 Å². The van der Waals surface area contributed by atoms with Gasteiger partial charge in [-0.3, -0.25) is 0 Å². The normalized spacial score (nSPS) is 16.7. The number of hydrogen-bond acceptors (Lipinski definition) is 0. The van der Waals surface area contributed by atoms with Gasteiger partial charge in [-0.25, -0.2) is 0 Å². The molecule has 0 fully saturated rings. The number of benzene rings is 7. The van der Waals surface area contributed by atoms with Gasteiger partial charge in [-0.15, -0.1) is 0 Å². The minimum atomic E-state index is 0.198. The Balaban J connectivity index is 1.33. The smallest absolute Gasteiger partial charge is 0.0620 e. The molecule has 0 saturated carbocycles. The first-order valence-electron chi connectivity index (χ1n) is 17.3. The van der Waals surface area contributed by atoms with Crippen LogP contribution in [-0.2, 0) is 6.54 Å². The summed E-state index contributed by atoms with van der Waals surface area (Å²) in [5, 5.41) is 11.8. The first kappa shape index (κ1) is 26.9. The van der Waals surface area contributed by atoms with Gasteiger partial charge in [0.2, 0.25) is 0 Å². The molecule has 230 valence electrons. The predicted molar refractivity (Wildman–Crippen MR) is 207 cm³/mol. The van der Waals surface area contributed by atoms with Gasteiger partial charge in [0.25, 0.3) is 0 Å². The van der Waals surface area contributed by atoms with E-state index in [2.05, 4.69) is 174 Å². The van der Waals surface area contributed by atoms with Gasteiger partial charge in [0.05, 0.1) is 21.9 Å². The zero-order valence-electron chi connectivity index (χ0n) is 27.2. The van der Waals surface area contributed by atoms with Gasteiger partial charge in [-0.2, -0.15) is 0 Å². The molecule has 11 rings (SSSR count). The van der Waals surface area contributed by atoms with E-state index in [0.717, 1.165) is 6.54 Å². The molecule has 7 aromatic carbocycles. The van der Waals surface area contributed by atoms with Gasteiger partial charge in [0.1, 0.15) is 0 Å². The molecule has 49 heavy (non-hydrogen) atoms. The second kappa shape index (κ2) is 9.95. The van der Waals surface area contributed by atoms with Gasteiger partial charge < -0.3 is 8.97 Å². The third-order valence-electron chi connectivity index (χ3n) is 11.1. The summed E-state index contributed by atoms with van der Waals surface area (Å²) < 4.78 is 5.16. The van der Waals surface area contributed by atoms with E-state index in [9.17, 15) is 0 Å². The highest BCUT2D eigenvalue weighted by Gasteiger charge is 2.24. The zero-order chi connectivity index (χ0) is 32.2. The first-order chi connectivity index (χ1) is 24.2. The lowest BCUT2D eigenvalue weighted by molar-refractivity contribution is 0.898. The van der Waals surface area contributed by atoms with E-state index in [1.807, 2.05) is 0 Å². The van der Waals surface area contributed by atoms with Crippen molar-refractivity contribution < 1.29 is 0 Å². The minimum Gasteiger partial charge on any atom is -0.336 e. The molecule has 1 unspecified atom stereocenters. The van der Waals surface area contributed by atoms with Gasteiger partial charge in [-0.05, 0) is 56.8 Å². The van der Waals surface area contributed by atoms with Crippen LogP contribution in [0.4, 0.5) is 0 Å². The van der Waals surface area contributed by atoms with Gasteiger partial charge in [0, 0.05) is 50.1 Å². The van der Waals surface area contributed by atoms with Crippen LogP contribution < -0.4 is 10.6 Å². The molecule has 0 radical (unpaired) electrons. The molecule has 1 atom stereocenters. The van der Waals surface area contributed by atoms with E-state index in [-0.39, 0.29) is 5.92 Å². The molecule has 2 nitrogen and oxygen atoms in total. The number of fused-ring (bicyclic) bond motifs is 10. The molecule has 0 aliphatic carbocycles. The van der Waals surface area contributed by atoms with Crippen molar-refractivity contribution in [3.63, 3.8) is 0 Å². The Morgan fingerprint density at radius 3 is 2.00 bits per heavy atom. The van der Waals surface area contributed by atoms with Crippen molar-refractivity contribution >= 4 is 71.4 Å². The quantitative estimate of drug-likeness (QED) is 0.181. The SMILES string of the molecule is CC1/C=c2\c(c3cccc4c5ccccc5n2c34)=C(\c2cccc(-c3cccc4ccccc34)c2)Cn2c3ccccc3c3cccc1c32.